The summed E-state index contributed by atoms with van der Waals surface area (Å²) in [7, 11) is -4.33. The quantitative estimate of drug-likeness (QED) is 0.538. The first-order valence-electron chi connectivity index (χ1n) is 9.94. The van der Waals surface area contributed by atoms with E-state index >= 15 is 0 Å². The average molecular weight is 506 g/mol. The van der Waals surface area contributed by atoms with Crippen LogP contribution in [0.1, 0.15) is 29.8 Å². The van der Waals surface area contributed by atoms with Gasteiger partial charge < -0.3 is 19.9 Å². The van der Waals surface area contributed by atoms with E-state index < -0.39 is 57.1 Å². The van der Waals surface area contributed by atoms with Crippen molar-refractivity contribution in [3.05, 3.63) is 59.4 Å². The molecule has 1 saturated heterocycles. The van der Waals surface area contributed by atoms with Crippen molar-refractivity contribution >= 4 is 21.6 Å². The number of halogens is 4. The minimum atomic E-state index is -5.00. The van der Waals surface area contributed by atoms with Crippen LogP contribution in [0.4, 0.5) is 23.2 Å². The molecule has 2 aromatic carbocycles. The molecular weight excluding hydrogens is 484 g/mol. The van der Waals surface area contributed by atoms with Crippen LogP contribution in [0.5, 0.6) is 0 Å². The molecule has 3 N–H and O–H groups in total. The highest BCUT2D eigenvalue weighted by molar-refractivity contribution is 7.92. The summed E-state index contributed by atoms with van der Waals surface area (Å²) in [5, 5.41) is 12.7. The van der Waals surface area contributed by atoms with Gasteiger partial charge in [0.05, 0.1) is 35.8 Å². The minimum Gasteiger partial charge on any atom is -0.388 e. The lowest BCUT2D eigenvalue weighted by Gasteiger charge is -2.23. The second-order valence-corrected chi connectivity index (χ2v) is 9.67. The van der Waals surface area contributed by atoms with Crippen LogP contribution in [0.15, 0.2) is 47.4 Å². The number of rotatable bonds is 5. The number of aliphatic hydroxyl groups excluding tert-OH is 1. The Hall–Kier alpha value is -2.74. The normalized spacial score (nSPS) is 20.9. The van der Waals surface area contributed by atoms with Gasteiger partial charge in [0.15, 0.2) is 5.79 Å². The molecule has 0 aromatic heterocycles. The first-order valence-corrected chi connectivity index (χ1v) is 11.4. The summed E-state index contributed by atoms with van der Waals surface area (Å²) in [6.07, 6.45) is -6.04. The largest absolute Gasteiger partial charge is 0.419 e. The Morgan fingerprint density at radius 3 is 2.32 bits per heavy atom. The second kappa shape index (κ2) is 9.49. The first kappa shape index (κ1) is 25.9. The Bertz CT molecular complexity index is 1150. The van der Waals surface area contributed by atoms with Crippen molar-refractivity contribution in [2.45, 2.75) is 42.9 Å². The van der Waals surface area contributed by atoms with Gasteiger partial charge in [0, 0.05) is 11.3 Å². The van der Waals surface area contributed by atoms with Crippen LogP contribution in [-0.4, -0.2) is 50.6 Å². The standard InChI is InChI=1S/C21H22F4N2O6S/c1-20(2)32-10-17(18(28)11-33-20)26-19(29)12-3-6-14(7-4-12)34(30,31)27-13-5-8-16(22)15(9-13)21(23,24)25/h3-9,17-18,27-28H,10-11H2,1-2H3,(H,26,29). The SMILES string of the molecule is CC1(C)OCC(O)C(NC(=O)c2ccc(S(=O)(=O)Nc3ccc(F)c(C(F)(F)F)c3)cc2)CO1. The number of ether oxygens (including phenoxy) is 2. The van der Waals surface area contributed by atoms with E-state index in [0.717, 1.165) is 18.2 Å². The number of nitrogens with one attached hydrogen (secondary N) is 2. The predicted octanol–water partition coefficient (Wildman–Crippen LogP) is 2.89. The molecule has 2 unspecified atom stereocenters. The van der Waals surface area contributed by atoms with Crippen LogP contribution < -0.4 is 10.0 Å². The van der Waals surface area contributed by atoms with Crippen LogP contribution in [-0.2, 0) is 25.7 Å². The van der Waals surface area contributed by atoms with E-state index in [0.29, 0.717) is 12.1 Å². The van der Waals surface area contributed by atoms with Crippen LogP contribution >= 0.6 is 0 Å². The number of benzene rings is 2. The maximum Gasteiger partial charge on any atom is 0.419 e. The molecule has 186 valence electrons. The van der Waals surface area contributed by atoms with Gasteiger partial charge in [-0.3, -0.25) is 9.52 Å². The molecule has 0 aliphatic carbocycles. The summed E-state index contributed by atoms with van der Waals surface area (Å²) >= 11 is 0. The number of carbonyl (C=O) groups excluding carboxylic acids is 1. The van der Waals surface area contributed by atoms with E-state index in [9.17, 15) is 35.9 Å². The Morgan fingerprint density at radius 1 is 1.09 bits per heavy atom. The summed E-state index contributed by atoms with van der Waals surface area (Å²) in [4.78, 5) is 12.2. The summed E-state index contributed by atoms with van der Waals surface area (Å²) in [5.74, 6) is -3.09. The number of anilines is 1. The Balaban J connectivity index is 1.71. The molecule has 0 radical (unpaired) electrons. The van der Waals surface area contributed by atoms with Crippen molar-refractivity contribution < 1.29 is 45.4 Å². The van der Waals surface area contributed by atoms with Gasteiger partial charge in [0.1, 0.15) is 5.82 Å². The van der Waals surface area contributed by atoms with Crippen molar-refractivity contribution in [1.29, 1.82) is 0 Å². The van der Waals surface area contributed by atoms with Crippen molar-refractivity contribution in [3.8, 4) is 0 Å². The third-order valence-corrected chi connectivity index (χ3v) is 6.34. The number of aliphatic hydroxyl groups is 1. The molecule has 1 aliphatic rings. The third kappa shape index (κ3) is 6.23. The molecule has 1 amide bonds. The van der Waals surface area contributed by atoms with Gasteiger partial charge in [0.2, 0.25) is 0 Å². The highest BCUT2D eigenvalue weighted by Crippen LogP contribution is 2.33. The van der Waals surface area contributed by atoms with Gasteiger partial charge in [-0.1, -0.05) is 0 Å². The molecule has 0 spiro atoms. The Kier molecular flexibility index (Phi) is 7.22. The van der Waals surface area contributed by atoms with Crippen molar-refractivity contribution in [2.75, 3.05) is 17.9 Å². The van der Waals surface area contributed by atoms with E-state index in [1.807, 2.05) is 4.72 Å². The lowest BCUT2D eigenvalue weighted by Crippen LogP contribution is -2.46. The van der Waals surface area contributed by atoms with E-state index in [2.05, 4.69) is 5.32 Å². The fourth-order valence-corrected chi connectivity index (χ4v) is 4.09. The average Bonchev–Trinajstić information content (AvgIpc) is 2.87. The maximum atomic E-state index is 13.4. The monoisotopic (exact) mass is 506 g/mol. The summed E-state index contributed by atoms with van der Waals surface area (Å²) in [6.45, 7) is 3.23. The molecule has 1 fully saturated rings. The Labute approximate surface area is 192 Å². The fraction of sp³-hybridized carbons (Fsp3) is 0.381. The molecule has 34 heavy (non-hydrogen) atoms. The van der Waals surface area contributed by atoms with Crippen LogP contribution in [0.25, 0.3) is 0 Å². The second-order valence-electron chi connectivity index (χ2n) is 7.99. The van der Waals surface area contributed by atoms with Crippen molar-refractivity contribution in [1.82, 2.24) is 5.32 Å². The third-order valence-electron chi connectivity index (χ3n) is 4.94. The summed E-state index contributed by atoms with van der Waals surface area (Å²) in [6, 6.07) is 5.48. The molecule has 3 rings (SSSR count). The lowest BCUT2D eigenvalue weighted by atomic mass is 10.1. The van der Waals surface area contributed by atoms with Gasteiger partial charge in [-0.05, 0) is 56.3 Å². The van der Waals surface area contributed by atoms with Crippen LogP contribution in [0.2, 0.25) is 0 Å². The molecule has 1 aliphatic heterocycles. The zero-order valence-electron chi connectivity index (χ0n) is 18.0. The molecule has 2 aromatic rings. The van der Waals surface area contributed by atoms with Gasteiger partial charge >= 0.3 is 6.18 Å². The van der Waals surface area contributed by atoms with Crippen molar-refractivity contribution in [2.24, 2.45) is 0 Å². The van der Waals surface area contributed by atoms with E-state index in [-0.39, 0.29) is 23.7 Å². The van der Waals surface area contributed by atoms with E-state index in [4.69, 9.17) is 9.47 Å². The number of hydrogen-bond donors (Lipinski definition) is 3. The molecular formula is C21H22F4N2O6S. The number of carbonyl (C=O) groups is 1. The first-order chi connectivity index (χ1) is 15.7. The van der Waals surface area contributed by atoms with Crippen LogP contribution in [0.3, 0.4) is 0 Å². The number of sulfonamides is 1. The van der Waals surface area contributed by atoms with Gasteiger partial charge in [-0.2, -0.15) is 13.2 Å². The molecule has 1 heterocycles. The minimum absolute atomic E-state index is 0.0200. The van der Waals surface area contributed by atoms with E-state index in [1.54, 1.807) is 13.8 Å². The number of hydrogen-bond acceptors (Lipinski definition) is 6. The lowest BCUT2D eigenvalue weighted by molar-refractivity contribution is -0.203. The summed E-state index contributed by atoms with van der Waals surface area (Å²) < 4.78 is 89.9. The number of alkyl halides is 3. The van der Waals surface area contributed by atoms with Gasteiger partial charge in [0.25, 0.3) is 15.9 Å². The molecule has 2 atom stereocenters. The zero-order chi connectivity index (χ0) is 25.3. The Morgan fingerprint density at radius 2 is 1.71 bits per heavy atom. The smallest absolute Gasteiger partial charge is 0.388 e. The highest BCUT2D eigenvalue weighted by atomic mass is 32.2. The predicted molar refractivity (Wildman–Crippen MR) is 112 cm³/mol. The molecule has 8 nitrogen and oxygen atoms in total. The molecule has 13 heteroatoms. The number of amides is 1. The van der Waals surface area contributed by atoms with E-state index in [1.165, 1.54) is 12.1 Å². The zero-order valence-corrected chi connectivity index (χ0v) is 18.8. The van der Waals surface area contributed by atoms with Gasteiger partial charge in [-0.15, -0.1) is 0 Å². The maximum absolute atomic E-state index is 13.4. The molecule has 0 bridgehead atoms. The van der Waals surface area contributed by atoms with Crippen molar-refractivity contribution in [3.63, 3.8) is 0 Å². The molecule has 0 saturated carbocycles. The topological polar surface area (TPSA) is 114 Å². The summed E-state index contributed by atoms with van der Waals surface area (Å²) in [5.41, 5.74) is -2.03. The van der Waals surface area contributed by atoms with Gasteiger partial charge in [-0.25, -0.2) is 12.8 Å². The highest BCUT2D eigenvalue weighted by Gasteiger charge is 2.35. The van der Waals surface area contributed by atoms with Crippen LogP contribution in [0, 0.1) is 5.82 Å². The fourth-order valence-electron chi connectivity index (χ4n) is 3.04.